The number of methoxy groups -OCH3 is 2. The second-order valence-corrected chi connectivity index (χ2v) is 7.30. The van der Waals surface area contributed by atoms with Gasteiger partial charge in [-0.2, -0.15) is 0 Å². The first-order valence-electron chi connectivity index (χ1n) is 7.61. The molecule has 0 fully saturated rings. The highest BCUT2D eigenvalue weighted by Crippen LogP contribution is 2.28. The van der Waals surface area contributed by atoms with Crippen molar-refractivity contribution in [1.82, 2.24) is 4.98 Å². The van der Waals surface area contributed by atoms with E-state index in [0.717, 1.165) is 0 Å². The monoisotopic (exact) mass is 381 g/mol. The number of pyridine rings is 1. The van der Waals surface area contributed by atoms with Crippen LogP contribution in [0.1, 0.15) is 17.3 Å². The van der Waals surface area contributed by atoms with E-state index in [1.54, 1.807) is 13.0 Å². The van der Waals surface area contributed by atoms with Crippen LogP contribution in [0.15, 0.2) is 41.6 Å². The molecule has 0 aliphatic carbocycles. The molecule has 0 aliphatic rings. The first kappa shape index (κ1) is 19.7. The Balaban J connectivity index is 2.28. The SMILES string of the molecule is CCS(=O)(=O)c1ccc(Oc2cc(OCOC)cc(C(=O)OC)c2)cn1. The van der Waals surface area contributed by atoms with Gasteiger partial charge in [-0.3, -0.25) is 0 Å². The minimum atomic E-state index is -3.39. The molecule has 26 heavy (non-hydrogen) atoms. The molecule has 1 aromatic carbocycles. The number of esters is 1. The predicted octanol–water partition coefficient (Wildman–Crippen LogP) is 2.44. The van der Waals surface area contributed by atoms with Gasteiger partial charge < -0.3 is 18.9 Å². The molecule has 0 aliphatic heterocycles. The maximum atomic E-state index is 11.8. The Morgan fingerprint density at radius 2 is 1.81 bits per heavy atom. The highest BCUT2D eigenvalue weighted by molar-refractivity contribution is 7.91. The number of hydrogen-bond acceptors (Lipinski definition) is 8. The van der Waals surface area contributed by atoms with Gasteiger partial charge >= 0.3 is 5.97 Å². The third-order valence-electron chi connectivity index (χ3n) is 3.29. The van der Waals surface area contributed by atoms with Crippen molar-refractivity contribution < 1.29 is 32.2 Å². The molecule has 0 amide bonds. The van der Waals surface area contributed by atoms with E-state index in [1.807, 2.05) is 0 Å². The van der Waals surface area contributed by atoms with E-state index in [4.69, 9.17) is 18.9 Å². The van der Waals surface area contributed by atoms with Crippen molar-refractivity contribution in [3.63, 3.8) is 0 Å². The summed E-state index contributed by atoms with van der Waals surface area (Å²) in [4.78, 5) is 15.7. The highest BCUT2D eigenvalue weighted by Gasteiger charge is 2.14. The van der Waals surface area contributed by atoms with Gasteiger partial charge in [0.1, 0.15) is 17.2 Å². The maximum Gasteiger partial charge on any atom is 0.338 e. The van der Waals surface area contributed by atoms with Gasteiger partial charge in [-0.1, -0.05) is 6.92 Å². The second-order valence-electron chi connectivity index (χ2n) is 5.07. The zero-order valence-electron chi connectivity index (χ0n) is 14.6. The lowest BCUT2D eigenvalue weighted by Crippen LogP contribution is -2.06. The van der Waals surface area contributed by atoms with Crippen molar-refractivity contribution in [3.8, 4) is 17.2 Å². The molecule has 0 bridgehead atoms. The molecule has 9 heteroatoms. The zero-order valence-corrected chi connectivity index (χ0v) is 15.4. The van der Waals surface area contributed by atoms with Crippen molar-refractivity contribution >= 4 is 15.8 Å². The van der Waals surface area contributed by atoms with Gasteiger partial charge in [0.25, 0.3) is 0 Å². The smallest absolute Gasteiger partial charge is 0.338 e. The first-order valence-corrected chi connectivity index (χ1v) is 9.26. The fraction of sp³-hybridized carbons (Fsp3) is 0.294. The predicted molar refractivity (Wildman–Crippen MR) is 92.3 cm³/mol. The average molecular weight is 381 g/mol. The number of hydrogen-bond donors (Lipinski definition) is 0. The van der Waals surface area contributed by atoms with Crippen LogP contribution < -0.4 is 9.47 Å². The Morgan fingerprint density at radius 1 is 1.08 bits per heavy atom. The van der Waals surface area contributed by atoms with Gasteiger partial charge in [-0.15, -0.1) is 0 Å². The summed E-state index contributed by atoms with van der Waals surface area (Å²) in [5.41, 5.74) is 0.231. The lowest BCUT2D eigenvalue weighted by molar-refractivity contribution is 0.0502. The summed E-state index contributed by atoms with van der Waals surface area (Å²) in [5.74, 6) is 0.358. The third-order valence-corrected chi connectivity index (χ3v) is 4.93. The van der Waals surface area contributed by atoms with E-state index in [9.17, 15) is 13.2 Å². The number of benzene rings is 1. The van der Waals surface area contributed by atoms with E-state index in [0.29, 0.717) is 17.2 Å². The second kappa shape index (κ2) is 8.63. The van der Waals surface area contributed by atoms with Crippen molar-refractivity contribution in [2.24, 2.45) is 0 Å². The Hall–Kier alpha value is -2.65. The summed E-state index contributed by atoms with van der Waals surface area (Å²) >= 11 is 0. The topological polar surface area (TPSA) is 101 Å². The number of carbonyl (C=O) groups is 1. The highest BCUT2D eigenvalue weighted by atomic mass is 32.2. The quantitative estimate of drug-likeness (QED) is 0.508. The third kappa shape index (κ3) is 4.93. The maximum absolute atomic E-state index is 11.8. The van der Waals surface area contributed by atoms with Crippen molar-refractivity contribution in [2.75, 3.05) is 26.8 Å². The Labute approximate surface area is 151 Å². The van der Waals surface area contributed by atoms with E-state index in [2.05, 4.69) is 4.98 Å². The Bertz CT molecular complexity index is 863. The summed E-state index contributed by atoms with van der Waals surface area (Å²) in [5, 5.41) is -0.0280. The summed E-state index contributed by atoms with van der Waals surface area (Å²) in [7, 11) is -0.650. The van der Waals surface area contributed by atoms with E-state index in [-0.39, 0.29) is 23.1 Å². The zero-order chi connectivity index (χ0) is 19.2. The first-order chi connectivity index (χ1) is 12.4. The van der Waals surface area contributed by atoms with Crippen LogP contribution in [0.25, 0.3) is 0 Å². The van der Waals surface area contributed by atoms with Gasteiger partial charge in [0.15, 0.2) is 21.7 Å². The van der Waals surface area contributed by atoms with E-state index < -0.39 is 15.8 Å². The summed E-state index contributed by atoms with van der Waals surface area (Å²) in [6, 6.07) is 7.37. The van der Waals surface area contributed by atoms with Crippen molar-refractivity contribution in [2.45, 2.75) is 11.9 Å². The molecule has 2 aromatic rings. The summed E-state index contributed by atoms with van der Waals surface area (Å²) in [6.45, 7) is 1.54. The minimum Gasteiger partial charge on any atom is -0.467 e. The lowest BCUT2D eigenvalue weighted by atomic mass is 10.2. The van der Waals surface area contributed by atoms with Crippen LogP contribution in [0.2, 0.25) is 0 Å². The van der Waals surface area contributed by atoms with Gasteiger partial charge in [0, 0.05) is 13.2 Å². The van der Waals surface area contributed by atoms with Gasteiger partial charge in [0.05, 0.1) is 24.6 Å². The number of aromatic nitrogens is 1. The van der Waals surface area contributed by atoms with E-state index in [1.165, 1.54) is 44.7 Å². The fourth-order valence-electron chi connectivity index (χ4n) is 1.97. The normalized spacial score (nSPS) is 11.0. The Morgan fingerprint density at radius 3 is 2.38 bits per heavy atom. The van der Waals surface area contributed by atoms with Gasteiger partial charge in [0.2, 0.25) is 0 Å². The average Bonchev–Trinajstić information content (AvgIpc) is 2.66. The number of nitrogens with zero attached hydrogens (tertiary/aromatic N) is 1. The van der Waals surface area contributed by atoms with Crippen LogP contribution in [0.4, 0.5) is 0 Å². The number of rotatable bonds is 8. The number of sulfone groups is 1. The fourth-order valence-corrected chi connectivity index (χ4v) is 2.76. The summed E-state index contributed by atoms with van der Waals surface area (Å²) < 4.78 is 44.1. The molecule has 0 N–H and O–H groups in total. The number of ether oxygens (including phenoxy) is 4. The molecular formula is C17H19NO7S. The molecule has 0 atom stereocenters. The molecule has 1 heterocycles. The van der Waals surface area contributed by atoms with Crippen LogP contribution in [0, 0.1) is 0 Å². The molecule has 0 saturated carbocycles. The van der Waals surface area contributed by atoms with E-state index >= 15 is 0 Å². The number of carbonyl (C=O) groups excluding carboxylic acids is 1. The summed E-state index contributed by atoms with van der Waals surface area (Å²) in [6.07, 6.45) is 1.29. The van der Waals surface area contributed by atoms with Crippen LogP contribution in [-0.2, 0) is 19.3 Å². The molecule has 1 aromatic heterocycles. The molecular weight excluding hydrogens is 362 g/mol. The molecule has 0 saturated heterocycles. The van der Waals surface area contributed by atoms with Crippen LogP contribution in [0.5, 0.6) is 17.2 Å². The standard InChI is InChI=1S/C17H19NO7S/c1-4-26(20,21)16-6-5-13(10-18-16)25-15-8-12(17(19)23-3)7-14(9-15)24-11-22-2/h5-10H,4,11H2,1-3H3. The van der Waals surface area contributed by atoms with Crippen LogP contribution in [-0.4, -0.2) is 46.1 Å². The molecule has 0 radical (unpaired) electrons. The lowest BCUT2D eigenvalue weighted by Gasteiger charge is -2.11. The van der Waals surface area contributed by atoms with Gasteiger partial charge in [-0.25, -0.2) is 18.2 Å². The van der Waals surface area contributed by atoms with Crippen LogP contribution in [0.3, 0.4) is 0 Å². The van der Waals surface area contributed by atoms with Crippen LogP contribution >= 0.6 is 0 Å². The minimum absolute atomic E-state index is 0.00477. The van der Waals surface area contributed by atoms with Crippen molar-refractivity contribution in [1.29, 1.82) is 0 Å². The molecule has 0 spiro atoms. The molecule has 0 unspecified atom stereocenters. The molecule has 2 rings (SSSR count). The molecule has 140 valence electrons. The van der Waals surface area contributed by atoms with Gasteiger partial charge in [-0.05, 0) is 24.3 Å². The largest absolute Gasteiger partial charge is 0.467 e. The van der Waals surface area contributed by atoms with Crippen molar-refractivity contribution in [3.05, 3.63) is 42.1 Å². The molecule has 8 nitrogen and oxygen atoms in total. The Kier molecular flexibility index (Phi) is 6.53.